The number of aliphatic hydroxyl groups is 1. The van der Waals surface area contributed by atoms with Crippen LogP contribution in [0.2, 0.25) is 0 Å². The van der Waals surface area contributed by atoms with Crippen LogP contribution < -0.4 is 0 Å². The number of hydrogen-bond donors (Lipinski definition) is 1. The summed E-state index contributed by atoms with van der Waals surface area (Å²) in [4.78, 5) is 10.2. The quantitative estimate of drug-likeness (QED) is 0.292. The molecule has 3 heteroatoms. The van der Waals surface area contributed by atoms with Crippen LogP contribution in [0.15, 0.2) is 23.2 Å². The number of methoxy groups -OCH3 is 1. The fourth-order valence-corrected chi connectivity index (χ4v) is 0.552. The zero-order valence-corrected chi connectivity index (χ0v) is 6.92. The molecule has 0 radical (unpaired) electrons. The molecule has 0 aromatic heterocycles. The minimum absolute atomic E-state index is 0.0636. The van der Waals surface area contributed by atoms with Gasteiger partial charge >= 0.3 is 0 Å². The summed E-state index contributed by atoms with van der Waals surface area (Å²) in [6.07, 6.45) is 2.17. The maximum Gasteiger partial charge on any atom is 0.156 e. The van der Waals surface area contributed by atoms with Crippen molar-refractivity contribution in [3.8, 4) is 0 Å². The first-order valence-corrected chi connectivity index (χ1v) is 3.19. The number of carbonyl (C=O) groups excluding carboxylic acids is 1. The second-order valence-corrected chi connectivity index (χ2v) is 2.16. The van der Waals surface area contributed by atoms with Crippen LogP contribution in [0.25, 0.3) is 0 Å². The monoisotopic (exact) mass is 156 g/mol. The third kappa shape index (κ3) is 3.45. The minimum Gasteiger partial charge on any atom is -0.509 e. The standard InChI is InChI=1S/C8H12O3/c1-6(5-9)4-8(11-3)7(2)10/h4-5,10H,1-3H3/b6-4+,8-7-. The molecular weight excluding hydrogens is 144 g/mol. The molecule has 3 nitrogen and oxygen atoms in total. The van der Waals surface area contributed by atoms with Gasteiger partial charge in [0, 0.05) is 0 Å². The predicted molar refractivity (Wildman–Crippen MR) is 42.2 cm³/mol. The van der Waals surface area contributed by atoms with Gasteiger partial charge in [0.25, 0.3) is 0 Å². The predicted octanol–water partition coefficient (Wildman–Crippen LogP) is 1.57. The second kappa shape index (κ2) is 4.55. The van der Waals surface area contributed by atoms with Crippen molar-refractivity contribution in [3.63, 3.8) is 0 Å². The molecule has 0 fully saturated rings. The molecular formula is C8H12O3. The van der Waals surface area contributed by atoms with Crippen molar-refractivity contribution >= 4 is 6.29 Å². The molecule has 0 heterocycles. The number of rotatable bonds is 3. The molecule has 0 unspecified atom stereocenters. The van der Waals surface area contributed by atoms with Crippen molar-refractivity contribution in [2.75, 3.05) is 7.11 Å². The lowest BCUT2D eigenvalue weighted by atomic mass is 10.2. The van der Waals surface area contributed by atoms with E-state index < -0.39 is 0 Å². The average Bonchev–Trinajstić information content (AvgIpc) is 1.99. The van der Waals surface area contributed by atoms with Gasteiger partial charge in [-0.3, -0.25) is 4.79 Å². The van der Waals surface area contributed by atoms with E-state index in [1.54, 1.807) is 6.92 Å². The Bertz CT molecular complexity index is 197. The summed E-state index contributed by atoms with van der Waals surface area (Å²) in [5.41, 5.74) is 0.509. The Hall–Kier alpha value is -1.25. The molecule has 11 heavy (non-hydrogen) atoms. The van der Waals surface area contributed by atoms with Crippen LogP contribution in [0.5, 0.6) is 0 Å². The molecule has 1 N–H and O–H groups in total. The van der Waals surface area contributed by atoms with Gasteiger partial charge in [0.15, 0.2) is 5.76 Å². The third-order valence-corrected chi connectivity index (χ3v) is 1.12. The van der Waals surface area contributed by atoms with E-state index >= 15 is 0 Å². The minimum atomic E-state index is 0.0636. The van der Waals surface area contributed by atoms with Gasteiger partial charge in [-0.15, -0.1) is 0 Å². The van der Waals surface area contributed by atoms with Crippen LogP contribution in [0.1, 0.15) is 13.8 Å². The van der Waals surface area contributed by atoms with Gasteiger partial charge in [-0.1, -0.05) is 0 Å². The normalized spacial score (nSPS) is 13.9. The van der Waals surface area contributed by atoms with Crippen LogP contribution in [0.3, 0.4) is 0 Å². The van der Waals surface area contributed by atoms with Gasteiger partial charge in [-0.25, -0.2) is 0 Å². The molecule has 0 aliphatic rings. The topological polar surface area (TPSA) is 46.5 Å². The van der Waals surface area contributed by atoms with Gasteiger partial charge in [-0.05, 0) is 25.5 Å². The summed E-state index contributed by atoms with van der Waals surface area (Å²) >= 11 is 0. The molecule has 62 valence electrons. The molecule has 0 aliphatic carbocycles. The molecule has 0 aromatic rings. The fourth-order valence-electron chi connectivity index (χ4n) is 0.552. The molecule has 0 spiro atoms. The van der Waals surface area contributed by atoms with Crippen molar-refractivity contribution in [2.45, 2.75) is 13.8 Å². The number of aliphatic hydroxyl groups excluding tert-OH is 1. The summed E-state index contributed by atoms with van der Waals surface area (Å²) < 4.78 is 4.78. The Kier molecular flexibility index (Phi) is 4.03. The maximum absolute atomic E-state index is 10.2. The Morgan fingerprint density at radius 1 is 1.45 bits per heavy atom. The highest BCUT2D eigenvalue weighted by Crippen LogP contribution is 2.05. The highest BCUT2D eigenvalue weighted by Gasteiger charge is 1.96. The molecule has 0 atom stereocenters. The average molecular weight is 156 g/mol. The Morgan fingerprint density at radius 2 is 2.00 bits per heavy atom. The Labute approximate surface area is 66.0 Å². The van der Waals surface area contributed by atoms with Gasteiger partial charge in [-0.2, -0.15) is 0 Å². The lowest BCUT2D eigenvalue weighted by Crippen LogP contribution is -1.89. The maximum atomic E-state index is 10.2. The third-order valence-electron chi connectivity index (χ3n) is 1.12. The van der Waals surface area contributed by atoms with Crippen molar-refractivity contribution in [1.29, 1.82) is 0 Å². The first-order valence-electron chi connectivity index (χ1n) is 3.19. The van der Waals surface area contributed by atoms with Gasteiger partial charge in [0.2, 0.25) is 0 Å². The highest BCUT2D eigenvalue weighted by atomic mass is 16.5. The fraction of sp³-hybridized carbons (Fsp3) is 0.375. The van der Waals surface area contributed by atoms with E-state index in [4.69, 9.17) is 9.84 Å². The van der Waals surface area contributed by atoms with Crippen molar-refractivity contribution < 1.29 is 14.6 Å². The van der Waals surface area contributed by atoms with Crippen LogP contribution in [-0.4, -0.2) is 18.5 Å². The van der Waals surface area contributed by atoms with Gasteiger partial charge in [0.05, 0.1) is 7.11 Å². The number of allylic oxidation sites excluding steroid dienone is 3. The Morgan fingerprint density at radius 3 is 2.27 bits per heavy atom. The summed E-state index contributed by atoms with van der Waals surface area (Å²) in [5.74, 6) is 0.378. The van der Waals surface area contributed by atoms with Gasteiger partial charge < -0.3 is 9.84 Å². The molecule has 0 amide bonds. The van der Waals surface area contributed by atoms with Crippen LogP contribution >= 0.6 is 0 Å². The van der Waals surface area contributed by atoms with E-state index in [1.807, 2.05) is 0 Å². The van der Waals surface area contributed by atoms with Crippen LogP contribution in [0, 0.1) is 0 Å². The first-order chi connectivity index (χ1) is 5.11. The number of ether oxygens (including phenoxy) is 1. The summed E-state index contributed by atoms with van der Waals surface area (Å²) in [6, 6.07) is 0. The van der Waals surface area contributed by atoms with E-state index in [9.17, 15) is 4.79 Å². The molecule has 0 aliphatic heterocycles. The van der Waals surface area contributed by atoms with E-state index in [0.717, 1.165) is 0 Å². The zero-order chi connectivity index (χ0) is 8.85. The second-order valence-electron chi connectivity index (χ2n) is 2.16. The van der Waals surface area contributed by atoms with Crippen molar-refractivity contribution in [2.24, 2.45) is 0 Å². The lowest BCUT2D eigenvalue weighted by molar-refractivity contribution is -0.104. The SMILES string of the molecule is COC(/C=C(\C)C=O)=C(/C)O. The zero-order valence-electron chi connectivity index (χ0n) is 6.92. The Balaban J connectivity index is 4.57. The van der Waals surface area contributed by atoms with Crippen LogP contribution in [-0.2, 0) is 9.53 Å². The number of aldehydes is 1. The van der Waals surface area contributed by atoms with E-state index in [-0.39, 0.29) is 5.76 Å². The van der Waals surface area contributed by atoms with Crippen LogP contribution in [0.4, 0.5) is 0 Å². The summed E-state index contributed by atoms with van der Waals surface area (Å²) in [5, 5.41) is 8.95. The molecule has 0 rings (SSSR count). The van der Waals surface area contributed by atoms with E-state index in [2.05, 4.69) is 0 Å². The largest absolute Gasteiger partial charge is 0.509 e. The number of carbonyl (C=O) groups is 1. The first kappa shape index (κ1) is 9.75. The summed E-state index contributed by atoms with van der Waals surface area (Å²) in [6.45, 7) is 3.13. The summed E-state index contributed by atoms with van der Waals surface area (Å²) in [7, 11) is 1.43. The lowest BCUT2D eigenvalue weighted by Gasteiger charge is -2.01. The smallest absolute Gasteiger partial charge is 0.156 e. The molecule has 0 aromatic carbocycles. The van der Waals surface area contributed by atoms with Gasteiger partial charge in [0.1, 0.15) is 12.0 Å². The van der Waals surface area contributed by atoms with E-state index in [1.165, 1.54) is 20.1 Å². The van der Waals surface area contributed by atoms with Crippen molar-refractivity contribution in [1.82, 2.24) is 0 Å². The van der Waals surface area contributed by atoms with Crippen molar-refractivity contribution in [3.05, 3.63) is 23.2 Å². The molecule has 0 saturated carbocycles. The van der Waals surface area contributed by atoms with E-state index in [0.29, 0.717) is 17.6 Å². The molecule has 0 bridgehead atoms. The molecule has 0 saturated heterocycles. The number of hydrogen-bond acceptors (Lipinski definition) is 3. The highest BCUT2D eigenvalue weighted by molar-refractivity contribution is 5.72.